The zero-order chi connectivity index (χ0) is 7.98. The number of hydrogen-bond acceptors (Lipinski definition) is 2. The van der Waals surface area contributed by atoms with E-state index >= 15 is 0 Å². The van der Waals surface area contributed by atoms with Gasteiger partial charge in [-0.25, -0.2) is 0 Å². The van der Waals surface area contributed by atoms with Crippen LogP contribution in [0.3, 0.4) is 0 Å². The highest BCUT2D eigenvalue weighted by Crippen LogP contribution is 1.71. The van der Waals surface area contributed by atoms with Crippen molar-refractivity contribution in [3.63, 3.8) is 0 Å². The van der Waals surface area contributed by atoms with Gasteiger partial charge in [-0.2, -0.15) is 0 Å². The summed E-state index contributed by atoms with van der Waals surface area (Å²) >= 11 is 0. The van der Waals surface area contributed by atoms with Crippen LogP contribution >= 0.6 is 34.0 Å². The number of hydrogen-bond donors (Lipinski definition) is 0. The van der Waals surface area contributed by atoms with Crippen LogP contribution < -0.4 is 0 Å². The maximum absolute atomic E-state index is 3.05. The molecule has 0 aromatic heterocycles. The molecule has 0 bridgehead atoms. The van der Waals surface area contributed by atoms with E-state index in [0.29, 0.717) is 0 Å². The molecule has 0 saturated heterocycles. The lowest BCUT2D eigenvalue weighted by Gasteiger charge is -2.03. The molecule has 0 aromatic rings. The maximum Gasteiger partial charge on any atom is 0.0597 e. The summed E-state index contributed by atoms with van der Waals surface area (Å²) in [5.41, 5.74) is 0. The van der Waals surface area contributed by atoms with Gasteiger partial charge in [-0.15, -0.1) is 34.0 Å². The Hall–Kier alpha value is 0.440. The van der Waals surface area contributed by atoms with Crippen molar-refractivity contribution in [3.8, 4) is 11.8 Å². The summed E-state index contributed by atoms with van der Waals surface area (Å²) < 4.78 is 0. The largest absolute Gasteiger partial charge is 0.299 e. The Morgan fingerprint density at radius 1 is 0.750 bits per heavy atom. The lowest BCUT2D eigenvalue weighted by molar-refractivity contribution is 0.456. The second-order valence-electron chi connectivity index (χ2n) is 2.83. The minimum Gasteiger partial charge on any atom is -0.299 e. The van der Waals surface area contributed by atoms with Crippen LogP contribution in [-0.4, -0.2) is 51.1 Å². The van der Waals surface area contributed by atoms with Gasteiger partial charge in [0.15, 0.2) is 0 Å². The SMILES string of the molecule is Br.Br.CN(C)CC#CCN(C)C. The topological polar surface area (TPSA) is 6.48 Å². The van der Waals surface area contributed by atoms with Crippen molar-refractivity contribution in [2.75, 3.05) is 41.3 Å². The molecule has 0 N–H and O–H groups in total. The summed E-state index contributed by atoms with van der Waals surface area (Å²) in [6.45, 7) is 1.71. The van der Waals surface area contributed by atoms with E-state index < -0.39 is 0 Å². The highest BCUT2D eigenvalue weighted by Gasteiger charge is 1.82. The van der Waals surface area contributed by atoms with Gasteiger partial charge in [-0.1, -0.05) is 11.8 Å². The summed E-state index contributed by atoms with van der Waals surface area (Å²) in [7, 11) is 8.07. The van der Waals surface area contributed by atoms with Crippen molar-refractivity contribution in [1.82, 2.24) is 9.80 Å². The number of nitrogens with zero attached hydrogens (tertiary/aromatic N) is 2. The minimum absolute atomic E-state index is 0. The third-order valence-electron chi connectivity index (χ3n) is 0.916. The second-order valence-corrected chi connectivity index (χ2v) is 2.83. The molecule has 0 aliphatic rings. The normalized spacial score (nSPS) is 8.17. The quantitative estimate of drug-likeness (QED) is 0.709. The van der Waals surface area contributed by atoms with Gasteiger partial charge in [0.2, 0.25) is 0 Å². The average Bonchev–Trinajstić information content (AvgIpc) is 1.79. The maximum atomic E-state index is 3.05. The molecule has 0 unspecified atom stereocenters. The van der Waals surface area contributed by atoms with E-state index in [1.54, 1.807) is 0 Å². The van der Waals surface area contributed by atoms with Crippen molar-refractivity contribution < 1.29 is 0 Å². The molecule has 0 spiro atoms. The molecule has 2 nitrogen and oxygen atoms in total. The fourth-order valence-corrected chi connectivity index (χ4v) is 0.428. The highest BCUT2D eigenvalue weighted by molar-refractivity contribution is 8.93. The second kappa shape index (κ2) is 11.4. The van der Waals surface area contributed by atoms with Crippen molar-refractivity contribution in [3.05, 3.63) is 0 Å². The molecule has 0 rings (SSSR count). The predicted octanol–water partition coefficient (Wildman–Crippen LogP) is 1.27. The molecule has 74 valence electrons. The molecule has 0 fully saturated rings. The van der Waals surface area contributed by atoms with Crippen molar-refractivity contribution >= 4 is 34.0 Å². The van der Waals surface area contributed by atoms with E-state index in [-0.39, 0.29) is 34.0 Å². The lowest BCUT2D eigenvalue weighted by atomic mass is 10.5. The average molecular weight is 302 g/mol. The zero-order valence-electron chi connectivity index (χ0n) is 8.13. The summed E-state index contributed by atoms with van der Waals surface area (Å²) in [4.78, 5) is 4.12. The summed E-state index contributed by atoms with van der Waals surface area (Å²) in [6, 6.07) is 0. The Kier molecular flexibility index (Phi) is 17.4. The standard InChI is InChI=1S/C8H16N2.2BrH/c1-9(2)7-5-6-8-10(3)4;;/h7-8H2,1-4H3;2*1H. The molecule has 0 radical (unpaired) electrons. The van der Waals surface area contributed by atoms with Gasteiger partial charge in [-0.05, 0) is 28.2 Å². The van der Waals surface area contributed by atoms with Crippen LogP contribution in [-0.2, 0) is 0 Å². The van der Waals surface area contributed by atoms with E-state index in [0.717, 1.165) is 13.1 Å². The fraction of sp³-hybridized carbons (Fsp3) is 0.750. The summed E-state index contributed by atoms with van der Waals surface area (Å²) in [5, 5.41) is 0. The predicted molar refractivity (Wildman–Crippen MR) is 65.5 cm³/mol. The molecular formula is C8H18Br2N2. The highest BCUT2D eigenvalue weighted by atomic mass is 79.9. The molecule has 0 aliphatic carbocycles. The third-order valence-corrected chi connectivity index (χ3v) is 0.916. The van der Waals surface area contributed by atoms with E-state index in [1.807, 2.05) is 28.2 Å². The first kappa shape index (κ1) is 18.3. The van der Waals surface area contributed by atoms with Gasteiger partial charge in [-0.3, -0.25) is 9.80 Å². The van der Waals surface area contributed by atoms with Gasteiger partial charge in [0.05, 0.1) is 13.1 Å². The van der Waals surface area contributed by atoms with Crippen LogP contribution in [0, 0.1) is 11.8 Å². The zero-order valence-corrected chi connectivity index (χ0v) is 11.6. The molecule has 0 atom stereocenters. The molecular weight excluding hydrogens is 284 g/mol. The number of halogens is 2. The van der Waals surface area contributed by atoms with E-state index in [9.17, 15) is 0 Å². The van der Waals surface area contributed by atoms with E-state index in [2.05, 4.69) is 21.6 Å². The fourth-order valence-electron chi connectivity index (χ4n) is 0.428. The molecule has 0 aromatic carbocycles. The molecule has 0 amide bonds. The molecule has 0 heterocycles. The van der Waals surface area contributed by atoms with Gasteiger partial charge in [0, 0.05) is 0 Å². The summed E-state index contributed by atoms with van der Waals surface area (Å²) in [6.07, 6.45) is 0. The Labute approximate surface area is 96.8 Å². The van der Waals surface area contributed by atoms with Crippen molar-refractivity contribution in [2.45, 2.75) is 0 Å². The third kappa shape index (κ3) is 16.8. The molecule has 0 saturated carbocycles. The Morgan fingerprint density at radius 2 is 1.00 bits per heavy atom. The van der Waals surface area contributed by atoms with Gasteiger partial charge >= 0.3 is 0 Å². The number of rotatable bonds is 2. The first-order valence-corrected chi connectivity index (χ1v) is 3.38. The van der Waals surface area contributed by atoms with Crippen LogP contribution in [0.1, 0.15) is 0 Å². The van der Waals surface area contributed by atoms with Crippen LogP contribution in [0.4, 0.5) is 0 Å². The van der Waals surface area contributed by atoms with Crippen molar-refractivity contribution in [1.29, 1.82) is 0 Å². The minimum atomic E-state index is 0. The van der Waals surface area contributed by atoms with Crippen LogP contribution in [0.25, 0.3) is 0 Å². The van der Waals surface area contributed by atoms with Gasteiger partial charge < -0.3 is 0 Å². The smallest absolute Gasteiger partial charge is 0.0597 e. The Morgan fingerprint density at radius 3 is 1.17 bits per heavy atom. The van der Waals surface area contributed by atoms with Crippen LogP contribution in [0.5, 0.6) is 0 Å². The monoisotopic (exact) mass is 300 g/mol. The van der Waals surface area contributed by atoms with Crippen LogP contribution in [0.15, 0.2) is 0 Å². The molecule has 0 aliphatic heterocycles. The first-order valence-electron chi connectivity index (χ1n) is 3.38. The van der Waals surface area contributed by atoms with E-state index in [1.165, 1.54) is 0 Å². The van der Waals surface area contributed by atoms with Crippen LogP contribution in [0.2, 0.25) is 0 Å². The first-order chi connectivity index (χ1) is 4.63. The van der Waals surface area contributed by atoms with Gasteiger partial charge in [0.25, 0.3) is 0 Å². The molecule has 12 heavy (non-hydrogen) atoms. The summed E-state index contributed by atoms with van der Waals surface area (Å²) in [5.74, 6) is 6.10. The Balaban J connectivity index is -0.000000405. The van der Waals surface area contributed by atoms with Crippen molar-refractivity contribution in [2.24, 2.45) is 0 Å². The lowest BCUT2D eigenvalue weighted by Crippen LogP contribution is -2.13. The van der Waals surface area contributed by atoms with Gasteiger partial charge in [0.1, 0.15) is 0 Å². The van der Waals surface area contributed by atoms with E-state index in [4.69, 9.17) is 0 Å². The molecule has 4 heteroatoms. The Bertz CT molecular complexity index is 122.